The average Bonchev–Trinajstić information content (AvgIpc) is 2.74. The molecule has 0 aliphatic carbocycles. The smallest absolute Gasteiger partial charge is 0.259 e. The first kappa shape index (κ1) is 20.0. The molecule has 0 N–H and O–H groups in total. The summed E-state index contributed by atoms with van der Waals surface area (Å²) >= 11 is 0. The molecule has 1 aromatic heterocycles. The van der Waals surface area contributed by atoms with Gasteiger partial charge in [-0.15, -0.1) is 0 Å². The summed E-state index contributed by atoms with van der Waals surface area (Å²) < 4.78 is 10.6. The first-order valence-electron chi connectivity index (χ1n) is 9.57. The number of amides is 1. The molecule has 1 saturated heterocycles. The van der Waals surface area contributed by atoms with Crippen LogP contribution in [0.4, 0.5) is 0 Å². The number of aromatic nitrogens is 1. The summed E-state index contributed by atoms with van der Waals surface area (Å²) in [7, 11) is 1.59. The van der Waals surface area contributed by atoms with Crippen molar-refractivity contribution in [3.05, 3.63) is 59.3 Å². The van der Waals surface area contributed by atoms with Gasteiger partial charge >= 0.3 is 0 Å². The van der Waals surface area contributed by atoms with Crippen LogP contribution in [0.15, 0.2) is 42.6 Å². The van der Waals surface area contributed by atoms with Crippen molar-refractivity contribution in [3.8, 4) is 5.88 Å². The van der Waals surface area contributed by atoms with Crippen LogP contribution in [-0.2, 0) is 4.74 Å². The molecular weight excluding hydrogens is 356 g/mol. The molecule has 0 saturated carbocycles. The highest BCUT2D eigenvalue weighted by Crippen LogP contribution is 2.25. The molecule has 0 spiro atoms. The Bertz CT molecular complexity index is 812. The molecule has 2 aromatic rings. The molecule has 2 heterocycles. The van der Waals surface area contributed by atoms with E-state index in [2.05, 4.69) is 4.98 Å². The highest BCUT2D eigenvalue weighted by molar-refractivity contribution is 5.99. The van der Waals surface area contributed by atoms with Gasteiger partial charge in [-0.3, -0.25) is 9.59 Å². The van der Waals surface area contributed by atoms with Crippen LogP contribution in [0, 0.1) is 12.8 Å². The SMILES string of the molecule is COCCOc1ncccc1C(=O)N1CCC(C(=O)c2ccc(C)cc2)CC1. The Kier molecular flexibility index (Phi) is 6.76. The molecule has 1 aliphatic rings. The van der Waals surface area contributed by atoms with Crippen LogP contribution in [0.5, 0.6) is 5.88 Å². The standard InChI is InChI=1S/C22H26N2O4/c1-16-5-7-17(8-6-16)20(25)18-9-12-24(13-10-18)22(26)19-4-3-11-23-21(19)28-15-14-27-2/h3-8,11,18H,9-10,12-15H2,1-2H3. The first-order valence-corrected chi connectivity index (χ1v) is 9.57. The number of carbonyl (C=O) groups is 2. The summed E-state index contributed by atoms with van der Waals surface area (Å²) in [6.07, 6.45) is 2.93. The number of benzene rings is 1. The molecule has 1 amide bonds. The number of likely N-dealkylation sites (tertiary alicyclic amines) is 1. The number of carbonyl (C=O) groups excluding carboxylic acids is 2. The zero-order valence-corrected chi connectivity index (χ0v) is 16.4. The van der Waals surface area contributed by atoms with Crippen LogP contribution in [0.3, 0.4) is 0 Å². The second kappa shape index (κ2) is 9.46. The van der Waals surface area contributed by atoms with Gasteiger partial charge in [0.1, 0.15) is 12.2 Å². The van der Waals surface area contributed by atoms with Crippen molar-refractivity contribution in [2.24, 2.45) is 5.92 Å². The maximum Gasteiger partial charge on any atom is 0.259 e. The number of hydrogen-bond acceptors (Lipinski definition) is 5. The minimum Gasteiger partial charge on any atom is -0.475 e. The third-order valence-corrected chi connectivity index (χ3v) is 5.02. The van der Waals surface area contributed by atoms with E-state index in [1.807, 2.05) is 31.2 Å². The van der Waals surface area contributed by atoms with Crippen LogP contribution in [-0.4, -0.2) is 55.0 Å². The Balaban J connectivity index is 1.61. The van der Waals surface area contributed by atoms with Crippen molar-refractivity contribution in [3.63, 3.8) is 0 Å². The van der Waals surface area contributed by atoms with Gasteiger partial charge in [-0.05, 0) is 31.9 Å². The van der Waals surface area contributed by atoms with Gasteiger partial charge in [0, 0.05) is 37.9 Å². The fourth-order valence-corrected chi connectivity index (χ4v) is 3.36. The number of rotatable bonds is 7. The van der Waals surface area contributed by atoms with Crippen LogP contribution in [0.2, 0.25) is 0 Å². The number of hydrogen-bond donors (Lipinski definition) is 0. The van der Waals surface area contributed by atoms with Gasteiger partial charge in [0.05, 0.1) is 6.61 Å². The molecular formula is C22H26N2O4. The second-order valence-electron chi connectivity index (χ2n) is 6.99. The van der Waals surface area contributed by atoms with Crippen molar-refractivity contribution < 1.29 is 19.1 Å². The molecule has 1 fully saturated rings. The van der Waals surface area contributed by atoms with Gasteiger partial charge in [0.2, 0.25) is 5.88 Å². The minimum absolute atomic E-state index is 0.0434. The molecule has 6 nitrogen and oxygen atoms in total. The number of aryl methyl sites for hydroxylation is 1. The van der Waals surface area contributed by atoms with Gasteiger partial charge in [-0.1, -0.05) is 29.8 Å². The van der Waals surface area contributed by atoms with E-state index in [9.17, 15) is 9.59 Å². The average molecular weight is 382 g/mol. The number of Topliss-reactive ketones (excluding diaryl/α,β-unsaturated/α-hetero) is 1. The van der Waals surface area contributed by atoms with Crippen molar-refractivity contribution in [2.75, 3.05) is 33.4 Å². The fraction of sp³-hybridized carbons (Fsp3) is 0.409. The molecule has 0 radical (unpaired) electrons. The normalized spacial score (nSPS) is 14.7. The third kappa shape index (κ3) is 4.75. The molecule has 0 unspecified atom stereocenters. The first-order chi connectivity index (χ1) is 13.6. The molecule has 3 rings (SSSR count). The van der Waals surface area contributed by atoms with Crippen molar-refractivity contribution in [1.82, 2.24) is 9.88 Å². The summed E-state index contributed by atoms with van der Waals surface area (Å²) in [4.78, 5) is 31.6. The van der Waals surface area contributed by atoms with Crippen LogP contribution in [0.1, 0.15) is 39.1 Å². The summed E-state index contributed by atoms with van der Waals surface area (Å²) in [5.41, 5.74) is 2.33. The Morgan fingerprint density at radius 2 is 1.82 bits per heavy atom. The number of methoxy groups -OCH3 is 1. The number of pyridine rings is 1. The van der Waals surface area contributed by atoms with Crippen molar-refractivity contribution >= 4 is 11.7 Å². The van der Waals surface area contributed by atoms with Gasteiger partial charge in [0.25, 0.3) is 5.91 Å². The fourth-order valence-electron chi connectivity index (χ4n) is 3.36. The Morgan fingerprint density at radius 3 is 2.50 bits per heavy atom. The van der Waals surface area contributed by atoms with E-state index in [0.29, 0.717) is 50.6 Å². The van der Waals surface area contributed by atoms with Crippen molar-refractivity contribution in [2.45, 2.75) is 19.8 Å². The minimum atomic E-state index is -0.109. The van der Waals surface area contributed by atoms with E-state index < -0.39 is 0 Å². The predicted molar refractivity (Wildman–Crippen MR) is 106 cm³/mol. The lowest BCUT2D eigenvalue weighted by Crippen LogP contribution is -2.40. The largest absolute Gasteiger partial charge is 0.475 e. The lowest BCUT2D eigenvalue weighted by Gasteiger charge is -2.31. The van der Waals surface area contributed by atoms with Gasteiger partial charge in [-0.2, -0.15) is 0 Å². The summed E-state index contributed by atoms with van der Waals surface area (Å²) in [6, 6.07) is 11.1. The number of ketones is 1. The number of piperidine rings is 1. The van der Waals surface area contributed by atoms with Crippen molar-refractivity contribution in [1.29, 1.82) is 0 Å². The predicted octanol–water partition coefficient (Wildman–Crippen LogP) is 3.15. The lowest BCUT2D eigenvalue weighted by molar-refractivity contribution is 0.0644. The monoisotopic (exact) mass is 382 g/mol. The topological polar surface area (TPSA) is 68.7 Å². The highest BCUT2D eigenvalue weighted by Gasteiger charge is 2.29. The zero-order chi connectivity index (χ0) is 19.9. The third-order valence-electron chi connectivity index (χ3n) is 5.02. The van der Waals surface area contributed by atoms with Crippen LogP contribution >= 0.6 is 0 Å². The van der Waals surface area contributed by atoms with E-state index >= 15 is 0 Å². The van der Waals surface area contributed by atoms with Gasteiger partial charge < -0.3 is 14.4 Å². The van der Waals surface area contributed by atoms with E-state index in [1.165, 1.54) is 0 Å². The summed E-state index contributed by atoms with van der Waals surface area (Å²) in [5, 5.41) is 0. The maximum absolute atomic E-state index is 12.9. The lowest BCUT2D eigenvalue weighted by atomic mass is 9.88. The van der Waals surface area contributed by atoms with Crippen LogP contribution < -0.4 is 4.74 Å². The number of nitrogens with zero attached hydrogens (tertiary/aromatic N) is 2. The molecule has 1 aromatic carbocycles. The Hall–Kier alpha value is -2.73. The molecule has 6 heteroatoms. The van der Waals surface area contributed by atoms with Gasteiger partial charge in [0.15, 0.2) is 5.78 Å². The molecule has 0 bridgehead atoms. The molecule has 0 atom stereocenters. The molecule has 1 aliphatic heterocycles. The Labute approximate surface area is 165 Å². The second-order valence-corrected chi connectivity index (χ2v) is 6.99. The van der Waals surface area contributed by atoms with E-state index in [0.717, 1.165) is 11.1 Å². The quantitative estimate of drug-likeness (QED) is 0.544. The van der Waals surface area contributed by atoms with Crippen LogP contribution in [0.25, 0.3) is 0 Å². The van der Waals surface area contributed by atoms with E-state index in [4.69, 9.17) is 9.47 Å². The van der Waals surface area contributed by atoms with E-state index in [1.54, 1.807) is 30.3 Å². The maximum atomic E-state index is 12.9. The summed E-state index contributed by atoms with van der Waals surface area (Å²) in [6.45, 7) is 3.86. The zero-order valence-electron chi connectivity index (χ0n) is 16.4. The van der Waals surface area contributed by atoms with Gasteiger partial charge in [-0.25, -0.2) is 4.98 Å². The number of ether oxygens (including phenoxy) is 2. The van der Waals surface area contributed by atoms with E-state index in [-0.39, 0.29) is 17.6 Å². The highest BCUT2D eigenvalue weighted by atomic mass is 16.5. The summed E-state index contributed by atoms with van der Waals surface area (Å²) in [5.74, 6) is 0.333. The molecule has 28 heavy (non-hydrogen) atoms. The molecule has 148 valence electrons. The Morgan fingerprint density at radius 1 is 1.11 bits per heavy atom.